The second kappa shape index (κ2) is 7.13. The summed E-state index contributed by atoms with van der Waals surface area (Å²) >= 11 is 0. The molecule has 27 heavy (non-hydrogen) atoms. The van der Waals surface area contributed by atoms with E-state index in [2.05, 4.69) is 22.5 Å². The number of rotatable bonds is 2. The zero-order valence-electron chi connectivity index (χ0n) is 15.8. The van der Waals surface area contributed by atoms with Gasteiger partial charge in [0.1, 0.15) is 5.82 Å². The highest BCUT2D eigenvalue weighted by atomic mass is 19.1. The molecule has 2 N–H and O–H groups in total. The first-order chi connectivity index (χ1) is 13.0. The summed E-state index contributed by atoms with van der Waals surface area (Å²) in [5, 5.41) is 5.92. The van der Waals surface area contributed by atoms with Gasteiger partial charge in [0.2, 0.25) is 5.91 Å². The molecule has 1 aromatic carbocycles. The molecule has 0 unspecified atom stereocenters. The molecule has 3 amide bonds. The fourth-order valence-electron chi connectivity index (χ4n) is 5.76. The second-order valence-electron chi connectivity index (χ2n) is 8.36. The molecule has 2 saturated heterocycles. The van der Waals surface area contributed by atoms with Gasteiger partial charge in [0, 0.05) is 30.2 Å². The van der Waals surface area contributed by atoms with Gasteiger partial charge in [-0.25, -0.2) is 9.18 Å². The lowest BCUT2D eigenvalue weighted by Gasteiger charge is -2.52. The van der Waals surface area contributed by atoms with E-state index in [0.29, 0.717) is 29.9 Å². The zero-order valence-corrected chi connectivity index (χ0v) is 15.8. The van der Waals surface area contributed by atoms with Crippen LogP contribution in [0.2, 0.25) is 0 Å². The van der Waals surface area contributed by atoms with Gasteiger partial charge >= 0.3 is 6.03 Å². The number of amides is 3. The van der Waals surface area contributed by atoms with Gasteiger partial charge < -0.3 is 15.5 Å². The van der Waals surface area contributed by atoms with Gasteiger partial charge in [0.05, 0.1) is 0 Å². The van der Waals surface area contributed by atoms with E-state index in [1.807, 2.05) is 0 Å². The minimum Gasteiger partial charge on any atom is -0.337 e. The molecule has 1 saturated carbocycles. The van der Waals surface area contributed by atoms with Crippen LogP contribution in [0.4, 0.5) is 14.9 Å². The predicted octanol–water partition coefficient (Wildman–Crippen LogP) is 3.91. The Labute approximate surface area is 159 Å². The van der Waals surface area contributed by atoms with Crippen LogP contribution in [0.1, 0.15) is 51.9 Å². The van der Waals surface area contributed by atoms with Gasteiger partial charge in [-0.3, -0.25) is 4.79 Å². The maximum absolute atomic E-state index is 13.0. The number of hydrogen-bond acceptors (Lipinski definition) is 2. The zero-order chi connectivity index (χ0) is 19.0. The molecule has 6 heteroatoms. The van der Waals surface area contributed by atoms with E-state index in [9.17, 15) is 14.0 Å². The molecule has 1 aromatic rings. The minimum absolute atomic E-state index is 0.0125. The van der Waals surface area contributed by atoms with Crippen molar-refractivity contribution in [2.45, 2.75) is 63.5 Å². The van der Waals surface area contributed by atoms with Gasteiger partial charge in [0.15, 0.2) is 0 Å². The summed E-state index contributed by atoms with van der Waals surface area (Å²) in [6.07, 6.45) is 6.71. The highest BCUT2D eigenvalue weighted by molar-refractivity contribution is 5.89. The molecule has 0 radical (unpaired) electrons. The number of anilines is 1. The van der Waals surface area contributed by atoms with Crippen molar-refractivity contribution in [3.05, 3.63) is 30.1 Å². The Morgan fingerprint density at radius 2 is 1.96 bits per heavy atom. The Morgan fingerprint density at radius 3 is 2.74 bits per heavy atom. The number of urea groups is 1. The van der Waals surface area contributed by atoms with E-state index in [0.717, 1.165) is 45.1 Å². The van der Waals surface area contributed by atoms with E-state index in [1.165, 1.54) is 12.1 Å². The van der Waals surface area contributed by atoms with Crippen LogP contribution in [0, 0.1) is 17.7 Å². The molecule has 4 rings (SSSR count). The first kappa shape index (κ1) is 18.3. The third-order valence-corrected chi connectivity index (χ3v) is 7.00. The minimum atomic E-state index is -0.323. The van der Waals surface area contributed by atoms with Gasteiger partial charge in [-0.2, -0.15) is 0 Å². The number of carbonyl (C=O) groups is 2. The largest absolute Gasteiger partial charge is 0.337 e. The van der Waals surface area contributed by atoms with Crippen LogP contribution < -0.4 is 10.6 Å². The summed E-state index contributed by atoms with van der Waals surface area (Å²) in [7, 11) is 0. The molecule has 1 aliphatic carbocycles. The monoisotopic (exact) mass is 373 g/mol. The first-order valence-corrected chi connectivity index (χ1v) is 10.1. The van der Waals surface area contributed by atoms with Crippen LogP contribution >= 0.6 is 0 Å². The van der Waals surface area contributed by atoms with Crippen molar-refractivity contribution in [3.63, 3.8) is 0 Å². The summed E-state index contributed by atoms with van der Waals surface area (Å²) in [5.74, 6) is 0.763. The van der Waals surface area contributed by atoms with Crippen molar-refractivity contribution in [3.8, 4) is 0 Å². The Hall–Kier alpha value is -2.11. The van der Waals surface area contributed by atoms with Crippen LogP contribution in [-0.4, -0.2) is 35.0 Å². The molecule has 3 fully saturated rings. The molecule has 2 heterocycles. The summed E-state index contributed by atoms with van der Waals surface area (Å²) < 4.78 is 13.0. The number of nitrogens with zero attached hydrogens (tertiary/aromatic N) is 1. The van der Waals surface area contributed by atoms with Crippen molar-refractivity contribution >= 4 is 17.6 Å². The molecule has 0 aromatic heterocycles. The molecule has 2 aliphatic heterocycles. The van der Waals surface area contributed by atoms with E-state index >= 15 is 0 Å². The van der Waals surface area contributed by atoms with Crippen molar-refractivity contribution in [2.75, 3.05) is 11.9 Å². The maximum atomic E-state index is 13.0. The average molecular weight is 373 g/mol. The Balaban J connectivity index is 1.45. The third kappa shape index (κ3) is 3.30. The Kier molecular flexibility index (Phi) is 4.82. The summed E-state index contributed by atoms with van der Waals surface area (Å²) in [6, 6.07) is 5.63. The lowest BCUT2D eigenvalue weighted by Crippen LogP contribution is -2.60. The fourth-order valence-corrected chi connectivity index (χ4v) is 5.76. The maximum Gasteiger partial charge on any atom is 0.319 e. The van der Waals surface area contributed by atoms with Crippen LogP contribution in [0.5, 0.6) is 0 Å². The quantitative estimate of drug-likeness (QED) is 0.826. The van der Waals surface area contributed by atoms with E-state index in [-0.39, 0.29) is 23.4 Å². The van der Waals surface area contributed by atoms with E-state index < -0.39 is 0 Å². The molecule has 1 spiro atoms. The highest BCUT2D eigenvalue weighted by Crippen LogP contribution is 2.51. The van der Waals surface area contributed by atoms with Gasteiger partial charge in [0.25, 0.3) is 0 Å². The van der Waals surface area contributed by atoms with E-state index in [1.54, 1.807) is 12.1 Å². The summed E-state index contributed by atoms with van der Waals surface area (Å²) in [4.78, 5) is 27.2. The van der Waals surface area contributed by atoms with Gasteiger partial charge in [-0.05, 0) is 74.6 Å². The highest BCUT2D eigenvalue weighted by Gasteiger charge is 2.55. The Morgan fingerprint density at radius 1 is 1.19 bits per heavy atom. The third-order valence-electron chi connectivity index (χ3n) is 7.00. The number of hydrogen-bond donors (Lipinski definition) is 2. The SMILES string of the molecule is C[C@H]1[C@@H](NC(=O)Nc2ccc(F)cc2)CC[C@@]23CCCN2C(=O)CCC[C@@H]13. The fraction of sp³-hybridized carbons (Fsp3) is 0.619. The van der Waals surface area contributed by atoms with Crippen LogP contribution in [0.3, 0.4) is 0 Å². The molecule has 3 aliphatic rings. The molecule has 5 nitrogen and oxygen atoms in total. The van der Waals surface area contributed by atoms with Crippen LogP contribution in [-0.2, 0) is 4.79 Å². The molecular weight excluding hydrogens is 345 g/mol. The average Bonchev–Trinajstić information content (AvgIpc) is 3.01. The normalized spacial score (nSPS) is 33.0. The lowest BCUT2D eigenvalue weighted by molar-refractivity contribution is -0.138. The van der Waals surface area contributed by atoms with Gasteiger partial charge in [-0.15, -0.1) is 0 Å². The van der Waals surface area contributed by atoms with E-state index in [4.69, 9.17) is 0 Å². The number of nitrogens with one attached hydrogen (secondary N) is 2. The van der Waals surface area contributed by atoms with Crippen molar-refractivity contribution in [1.29, 1.82) is 0 Å². The van der Waals surface area contributed by atoms with Crippen molar-refractivity contribution < 1.29 is 14.0 Å². The van der Waals surface area contributed by atoms with Crippen LogP contribution in [0.15, 0.2) is 24.3 Å². The first-order valence-electron chi connectivity index (χ1n) is 10.1. The lowest BCUT2D eigenvalue weighted by atomic mass is 9.63. The Bertz CT molecular complexity index is 723. The standard InChI is InChI=1S/C21H28FN3O2/c1-14-17-4-2-5-19(26)25-13-3-11-21(17,25)12-10-18(14)24-20(27)23-16-8-6-15(22)7-9-16/h6-9,14,17-18H,2-5,10-13H2,1H3,(H2,23,24,27)/t14-,17+,18+,21-/m1/s1. The van der Waals surface area contributed by atoms with Crippen molar-refractivity contribution in [2.24, 2.45) is 11.8 Å². The molecule has 146 valence electrons. The smallest absolute Gasteiger partial charge is 0.319 e. The van der Waals surface area contributed by atoms with Crippen molar-refractivity contribution in [1.82, 2.24) is 10.2 Å². The molecule has 4 atom stereocenters. The predicted molar refractivity (Wildman–Crippen MR) is 102 cm³/mol. The second-order valence-corrected chi connectivity index (χ2v) is 8.36. The summed E-state index contributed by atoms with van der Waals surface area (Å²) in [6.45, 7) is 3.12. The molecule has 0 bridgehead atoms. The van der Waals surface area contributed by atoms with Crippen LogP contribution in [0.25, 0.3) is 0 Å². The number of benzene rings is 1. The number of halogens is 1. The topological polar surface area (TPSA) is 61.4 Å². The number of carbonyl (C=O) groups excluding carboxylic acids is 2. The van der Waals surface area contributed by atoms with Gasteiger partial charge in [-0.1, -0.05) is 6.92 Å². The molecular formula is C21H28FN3O2. The summed E-state index contributed by atoms with van der Waals surface area (Å²) in [5.41, 5.74) is 0.592.